The Hall–Kier alpha value is -1.26. The molecule has 0 saturated carbocycles. The zero-order valence-electron chi connectivity index (χ0n) is 8.57. The van der Waals surface area contributed by atoms with E-state index in [1.807, 2.05) is 6.92 Å². The molecule has 1 amide bonds. The Kier molecular flexibility index (Phi) is 5.74. The number of rotatable bonds is 3. The van der Waals surface area contributed by atoms with Crippen LogP contribution in [0.25, 0.3) is 0 Å². The van der Waals surface area contributed by atoms with Crippen LogP contribution in [0.3, 0.4) is 0 Å². The van der Waals surface area contributed by atoms with E-state index in [4.69, 9.17) is 11.5 Å². The first-order valence-electron chi connectivity index (χ1n) is 4.55. The molecule has 0 bridgehead atoms. The molecule has 0 aromatic heterocycles. The molecule has 1 rings (SSSR count). The SMILES string of the molecule is CC[C@@H](N)C(=O)Nc1ccc(N)cc1.Cl. The summed E-state index contributed by atoms with van der Waals surface area (Å²) in [5, 5.41) is 2.70. The Labute approximate surface area is 95.4 Å². The van der Waals surface area contributed by atoms with Crippen LogP contribution < -0.4 is 16.8 Å². The molecule has 1 aromatic rings. The molecule has 0 heterocycles. The molecule has 1 atom stereocenters. The lowest BCUT2D eigenvalue weighted by Crippen LogP contribution is -2.34. The molecule has 0 aliphatic rings. The number of hydrogen-bond donors (Lipinski definition) is 3. The highest BCUT2D eigenvalue weighted by Crippen LogP contribution is 2.10. The summed E-state index contributed by atoms with van der Waals surface area (Å²) in [5.41, 5.74) is 12.4. The minimum Gasteiger partial charge on any atom is -0.399 e. The predicted molar refractivity (Wildman–Crippen MR) is 65.0 cm³/mol. The molecule has 84 valence electrons. The van der Waals surface area contributed by atoms with E-state index in [1.54, 1.807) is 24.3 Å². The molecule has 0 fully saturated rings. The van der Waals surface area contributed by atoms with E-state index in [-0.39, 0.29) is 18.3 Å². The number of nitrogens with two attached hydrogens (primary N) is 2. The molecule has 15 heavy (non-hydrogen) atoms. The third-order valence-electron chi connectivity index (χ3n) is 1.95. The third-order valence-corrected chi connectivity index (χ3v) is 1.95. The number of anilines is 2. The van der Waals surface area contributed by atoms with E-state index in [9.17, 15) is 4.79 Å². The Morgan fingerprint density at radius 1 is 1.40 bits per heavy atom. The van der Waals surface area contributed by atoms with Crippen molar-refractivity contribution in [1.82, 2.24) is 0 Å². The van der Waals surface area contributed by atoms with Gasteiger partial charge < -0.3 is 16.8 Å². The van der Waals surface area contributed by atoms with Crippen molar-refractivity contribution in [1.29, 1.82) is 0 Å². The number of carbonyl (C=O) groups is 1. The summed E-state index contributed by atoms with van der Waals surface area (Å²) < 4.78 is 0. The summed E-state index contributed by atoms with van der Waals surface area (Å²) in [7, 11) is 0. The maximum atomic E-state index is 11.4. The van der Waals surface area contributed by atoms with Gasteiger partial charge in [-0.25, -0.2) is 0 Å². The fourth-order valence-electron chi connectivity index (χ4n) is 0.987. The van der Waals surface area contributed by atoms with Crippen LogP contribution in [0, 0.1) is 0 Å². The number of benzene rings is 1. The summed E-state index contributed by atoms with van der Waals surface area (Å²) in [4.78, 5) is 11.4. The van der Waals surface area contributed by atoms with Crippen LogP contribution in [0.2, 0.25) is 0 Å². The number of carbonyl (C=O) groups excluding carboxylic acids is 1. The monoisotopic (exact) mass is 229 g/mol. The first-order valence-corrected chi connectivity index (χ1v) is 4.55. The van der Waals surface area contributed by atoms with Crippen molar-refractivity contribution in [3.8, 4) is 0 Å². The van der Waals surface area contributed by atoms with Crippen LogP contribution in [0.5, 0.6) is 0 Å². The summed E-state index contributed by atoms with van der Waals surface area (Å²) in [5.74, 6) is -0.169. The topological polar surface area (TPSA) is 81.1 Å². The molecule has 4 nitrogen and oxygen atoms in total. The second-order valence-corrected chi connectivity index (χ2v) is 3.13. The van der Waals surface area contributed by atoms with E-state index in [2.05, 4.69) is 5.32 Å². The van der Waals surface area contributed by atoms with Crippen LogP contribution in [0.1, 0.15) is 13.3 Å². The van der Waals surface area contributed by atoms with Crippen molar-refractivity contribution >= 4 is 29.7 Å². The second kappa shape index (κ2) is 6.27. The first kappa shape index (κ1) is 13.7. The van der Waals surface area contributed by atoms with Gasteiger partial charge in [0.05, 0.1) is 6.04 Å². The van der Waals surface area contributed by atoms with E-state index < -0.39 is 6.04 Å². The van der Waals surface area contributed by atoms with Gasteiger partial charge in [0.15, 0.2) is 0 Å². The van der Waals surface area contributed by atoms with Crippen molar-refractivity contribution in [3.63, 3.8) is 0 Å². The Balaban J connectivity index is 0.00000196. The summed E-state index contributed by atoms with van der Waals surface area (Å²) in [6, 6.07) is 6.50. The van der Waals surface area contributed by atoms with Gasteiger partial charge in [-0.3, -0.25) is 4.79 Å². The zero-order chi connectivity index (χ0) is 10.6. The lowest BCUT2D eigenvalue weighted by atomic mass is 10.2. The summed E-state index contributed by atoms with van der Waals surface area (Å²) in [6.07, 6.45) is 0.626. The van der Waals surface area contributed by atoms with Crippen molar-refractivity contribution in [2.75, 3.05) is 11.1 Å². The minimum atomic E-state index is -0.451. The van der Waals surface area contributed by atoms with Gasteiger partial charge in [-0.05, 0) is 30.7 Å². The molecule has 0 radical (unpaired) electrons. The summed E-state index contributed by atoms with van der Waals surface area (Å²) >= 11 is 0. The highest BCUT2D eigenvalue weighted by atomic mass is 35.5. The Bertz CT molecular complexity index is 313. The van der Waals surface area contributed by atoms with Gasteiger partial charge in [0.1, 0.15) is 0 Å². The lowest BCUT2D eigenvalue weighted by Gasteiger charge is -2.09. The van der Waals surface area contributed by atoms with Crippen LogP contribution >= 0.6 is 12.4 Å². The maximum absolute atomic E-state index is 11.4. The average molecular weight is 230 g/mol. The quantitative estimate of drug-likeness (QED) is 0.685. The second-order valence-electron chi connectivity index (χ2n) is 3.13. The molecule has 0 aliphatic carbocycles. The average Bonchev–Trinajstić information content (AvgIpc) is 2.20. The Morgan fingerprint density at radius 3 is 2.40 bits per heavy atom. The molecular formula is C10H16ClN3O. The van der Waals surface area contributed by atoms with Crippen molar-refractivity contribution in [2.24, 2.45) is 5.73 Å². The van der Waals surface area contributed by atoms with Crippen LogP contribution in [-0.4, -0.2) is 11.9 Å². The highest BCUT2D eigenvalue weighted by molar-refractivity contribution is 5.94. The number of nitrogen functional groups attached to an aromatic ring is 1. The van der Waals surface area contributed by atoms with E-state index >= 15 is 0 Å². The Morgan fingerprint density at radius 2 is 1.93 bits per heavy atom. The number of amides is 1. The number of nitrogens with one attached hydrogen (secondary N) is 1. The van der Waals surface area contributed by atoms with Gasteiger partial charge in [-0.15, -0.1) is 12.4 Å². The normalized spacial score (nSPS) is 11.3. The fraction of sp³-hybridized carbons (Fsp3) is 0.300. The van der Waals surface area contributed by atoms with Gasteiger partial charge in [0, 0.05) is 11.4 Å². The summed E-state index contributed by atoms with van der Waals surface area (Å²) in [6.45, 7) is 1.87. The smallest absolute Gasteiger partial charge is 0.241 e. The van der Waals surface area contributed by atoms with Gasteiger partial charge in [-0.1, -0.05) is 6.92 Å². The fourth-order valence-corrected chi connectivity index (χ4v) is 0.987. The number of halogens is 1. The molecule has 0 spiro atoms. The van der Waals surface area contributed by atoms with Gasteiger partial charge in [-0.2, -0.15) is 0 Å². The lowest BCUT2D eigenvalue weighted by molar-refractivity contribution is -0.117. The molecule has 0 unspecified atom stereocenters. The van der Waals surface area contributed by atoms with Crippen molar-refractivity contribution in [3.05, 3.63) is 24.3 Å². The largest absolute Gasteiger partial charge is 0.399 e. The molecule has 5 heteroatoms. The highest BCUT2D eigenvalue weighted by Gasteiger charge is 2.10. The van der Waals surface area contributed by atoms with Crippen LogP contribution in [0.15, 0.2) is 24.3 Å². The van der Waals surface area contributed by atoms with E-state index in [1.165, 1.54) is 0 Å². The molecular weight excluding hydrogens is 214 g/mol. The van der Waals surface area contributed by atoms with Crippen LogP contribution in [-0.2, 0) is 4.79 Å². The molecule has 0 aliphatic heterocycles. The maximum Gasteiger partial charge on any atom is 0.241 e. The standard InChI is InChI=1S/C10H15N3O.ClH/c1-2-9(12)10(14)13-8-5-3-7(11)4-6-8;/h3-6,9H,2,11-12H2,1H3,(H,13,14);1H/t9-;/m1./s1. The van der Waals surface area contributed by atoms with E-state index in [0.717, 1.165) is 0 Å². The number of hydrogen-bond acceptors (Lipinski definition) is 3. The minimum absolute atomic E-state index is 0. The third kappa shape index (κ3) is 4.18. The predicted octanol–water partition coefficient (Wildman–Crippen LogP) is 1.37. The zero-order valence-corrected chi connectivity index (χ0v) is 9.38. The van der Waals surface area contributed by atoms with Gasteiger partial charge in [0.25, 0.3) is 0 Å². The molecule has 1 aromatic carbocycles. The van der Waals surface area contributed by atoms with Gasteiger partial charge in [0.2, 0.25) is 5.91 Å². The molecule has 5 N–H and O–H groups in total. The van der Waals surface area contributed by atoms with Crippen molar-refractivity contribution < 1.29 is 4.79 Å². The van der Waals surface area contributed by atoms with Gasteiger partial charge >= 0.3 is 0 Å². The van der Waals surface area contributed by atoms with Crippen molar-refractivity contribution in [2.45, 2.75) is 19.4 Å². The van der Waals surface area contributed by atoms with E-state index in [0.29, 0.717) is 17.8 Å². The molecule has 0 saturated heterocycles. The first-order chi connectivity index (χ1) is 6.63. The van der Waals surface area contributed by atoms with Crippen LogP contribution in [0.4, 0.5) is 11.4 Å².